The summed E-state index contributed by atoms with van der Waals surface area (Å²) in [5.41, 5.74) is 1.26. The number of alkyl halides is 3. The van der Waals surface area contributed by atoms with Gasteiger partial charge in [-0.25, -0.2) is 4.39 Å². The van der Waals surface area contributed by atoms with E-state index in [1.54, 1.807) is 24.3 Å². The Kier molecular flexibility index (Phi) is 7.25. The fourth-order valence-electron chi connectivity index (χ4n) is 5.92. The van der Waals surface area contributed by atoms with Crippen molar-refractivity contribution in [3.05, 3.63) is 123 Å². The first kappa shape index (κ1) is 28.2. The Bertz CT molecular complexity index is 1770. The normalized spacial score (nSPS) is 17.6. The summed E-state index contributed by atoms with van der Waals surface area (Å²) in [7, 11) is 0. The largest absolute Gasteiger partial charge is 0.416 e. The lowest BCUT2D eigenvalue weighted by atomic mass is 9.83. The molecule has 0 aliphatic carbocycles. The average molecular weight is 591 g/mol. The molecule has 4 aromatic rings. The smallest absolute Gasteiger partial charge is 0.369 e. The summed E-state index contributed by atoms with van der Waals surface area (Å²) in [5.74, 6) is -1.43. The van der Waals surface area contributed by atoms with Crippen LogP contribution in [0.3, 0.4) is 0 Å². The second-order valence-electron chi connectivity index (χ2n) is 10.8. The minimum Gasteiger partial charge on any atom is -0.369 e. The molecule has 2 amide bonds. The number of fused-ring (bicyclic) bond motifs is 4. The molecular formula is C32H26F4N4O3. The van der Waals surface area contributed by atoms with Gasteiger partial charge in [0.1, 0.15) is 5.82 Å². The zero-order chi connectivity index (χ0) is 30.3. The number of piperidine rings is 1. The molecule has 0 saturated carbocycles. The topological polar surface area (TPSA) is 83.4 Å². The van der Waals surface area contributed by atoms with Crippen LogP contribution in [-0.2, 0) is 12.7 Å². The molecule has 7 nitrogen and oxygen atoms in total. The van der Waals surface area contributed by atoms with Gasteiger partial charge in [0.2, 0.25) is 0 Å². The number of nitrogens with zero attached hydrogens (tertiary/aromatic N) is 2. The van der Waals surface area contributed by atoms with E-state index in [9.17, 15) is 31.9 Å². The fourth-order valence-corrected chi connectivity index (χ4v) is 5.92. The third kappa shape index (κ3) is 5.88. The van der Waals surface area contributed by atoms with Gasteiger partial charge >= 0.3 is 6.18 Å². The predicted molar refractivity (Wildman–Crippen MR) is 154 cm³/mol. The van der Waals surface area contributed by atoms with Crippen LogP contribution in [0.4, 0.5) is 34.6 Å². The van der Waals surface area contributed by atoms with E-state index in [1.807, 2.05) is 10.6 Å². The van der Waals surface area contributed by atoms with Crippen LogP contribution in [0.1, 0.15) is 44.3 Å². The molecule has 2 bridgehead atoms. The molecule has 6 rings (SSSR count). The lowest BCUT2D eigenvalue weighted by Gasteiger charge is -2.44. The third-order valence-corrected chi connectivity index (χ3v) is 7.88. The molecule has 2 N–H and O–H groups in total. The minimum atomic E-state index is -4.57. The van der Waals surface area contributed by atoms with Crippen molar-refractivity contribution in [2.24, 2.45) is 5.92 Å². The molecular weight excluding hydrogens is 564 g/mol. The molecule has 1 aromatic heterocycles. The Balaban J connectivity index is 1.32. The number of anilines is 3. The minimum absolute atomic E-state index is 0.0291. The van der Waals surface area contributed by atoms with Gasteiger partial charge in [0.05, 0.1) is 16.9 Å². The number of benzene rings is 3. The standard InChI is InChI=1S/C32H26F4N4O3/c33-24-10-7-20(8-11-24)30(42)38-26-14-21(31(43)37-25-4-1-3-23(15-25)32(34,35)36)9-12-28(26)39-16-19-13-22(18-39)27-5-2-6-29(41)40(27)17-19/h1-12,14-15,19,22H,13,16-18H2,(H,37,43)(H,38,42)/t19-,22+/m1/s1. The van der Waals surface area contributed by atoms with Crippen molar-refractivity contribution in [2.45, 2.75) is 25.1 Å². The van der Waals surface area contributed by atoms with E-state index in [0.29, 0.717) is 31.0 Å². The van der Waals surface area contributed by atoms with Crippen molar-refractivity contribution in [3.8, 4) is 0 Å². The number of carbonyl (C=O) groups excluding carboxylic acids is 2. The monoisotopic (exact) mass is 590 g/mol. The fraction of sp³-hybridized carbons (Fsp3) is 0.219. The van der Waals surface area contributed by atoms with E-state index in [4.69, 9.17) is 0 Å². The van der Waals surface area contributed by atoms with E-state index in [1.165, 1.54) is 42.5 Å². The quantitative estimate of drug-likeness (QED) is 0.274. The maximum Gasteiger partial charge on any atom is 0.416 e. The molecule has 220 valence electrons. The van der Waals surface area contributed by atoms with Crippen LogP contribution in [0, 0.1) is 11.7 Å². The summed E-state index contributed by atoms with van der Waals surface area (Å²) in [6.07, 6.45) is -3.66. The van der Waals surface area contributed by atoms with Gasteiger partial charge in [-0.2, -0.15) is 13.2 Å². The Morgan fingerprint density at radius 3 is 2.28 bits per heavy atom. The highest BCUT2D eigenvalue weighted by Crippen LogP contribution is 2.39. The molecule has 3 heterocycles. The number of halogens is 4. The predicted octanol–water partition coefficient (Wildman–Crippen LogP) is 6.13. The maximum absolute atomic E-state index is 13.5. The molecule has 2 aliphatic rings. The van der Waals surface area contributed by atoms with E-state index in [2.05, 4.69) is 15.5 Å². The van der Waals surface area contributed by atoms with Crippen LogP contribution in [-0.4, -0.2) is 29.5 Å². The zero-order valence-corrected chi connectivity index (χ0v) is 22.7. The number of hydrogen-bond donors (Lipinski definition) is 2. The van der Waals surface area contributed by atoms with Gasteiger partial charge < -0.3 is 20.1 Å². The van der Waals surface area contributed by atoms with Crippen molar-refractivity contribution in [3.63, 3.8) is 0 Å². The highest BCUT2D eigenvalue weighted by atomic mass is 19.4. The van der Waals surface area contributed by atoms with Gasteiger partial charge in [-0.1, -0.05) is 12.1 Å². The molecule has 2 aliphatic heterocycles. The Morgan fingerprint density at radius 1 is 0.791 bits per heavy atom. The SMILES string of the molecule is O=C(Nc1cccc(C(F)(F)F)c1)c1ccc(N2C[C@H]3C[C@@H](C2)c2cccc(=O)n2C3)c(NC(=O)c2ccc(F)cc2)c1. The van der Waals surface area contributed by atoms with Gasteiger partial charge in [0.15, 0.2) is 0 Å². The van der Waals surface area contributed by atoms with Gasteiger partial charge in [-0.05, 0) is 79.1 Å². The number of nitrogens with one attached hydrogen (secondary N) is 2. The number of amides is 2. The van der Waals surface area contributed by atoms with Crippen LogP contribution >= 0.6 is 0 Å². The first-order valence-corrected chi connectivity index (χ1v) is 13.7. The van der Waals surface area contributed by atoms with Crippen LogP contribution < -0.4 is 21.1 Å². The molecule has 1 saturated heterocycles. The van der Waals surface area contributed by atoms with Crippen LogP contribution in [0.5, 0.6) is 0 Å². The number of pyridine rings is 1. The molecule has 1 fully saturated rings. The van der Waals surface area contributed by atoms with Gasteiger partial charge in [-0.15, -0.1) is 0 Å². The van der Waals surface area contributed by atoms with Crippen molar-refractivity contribution < 1.29 is 27.2 Å². The number of hydrogen-bond acceptors (Lipinski definition) is 4. The molecule has 43 heavy (non-hydrogen) atoms. The number of aromatic nitrogens is 1. The summed E-state index contributed by atoms with van der Waals surface area (Å²) in [6.45, 7) is 1.73. The second kappa shape index (κ2) is 11.0. The van der Waals surface area contributed by atoms with E-state index >= 15 is 0 Å². The van der Waals surface area contributed by atoms with Crippen LogP contribution in [0.25, 0.3) is 0 Å². The van der Waals surface area contributed by atoms with E-state index in [-0.39, 0.29) is 34.2 Å². The Morgan fingerprint density at radius 2 is 1.51 bits per heavy atom. The van der Waals surface area contributed by atoms with Gasteiger partial charge in [-0.3, -0.25) is 14.4 Å². The first-order chi connectivity index (χ1) is 20.5. The lowest BCUT2D eigenvalue weighted by Crippen LogP contribution is -2.47. The van der Waals surface area contributed by atoms with Crippen molar-refractivity contribution in [1.82, 2.24) is 4.57 Å². The second-order valence-corrected chi connectivity index (χ2v) is 10.8. The summed E-state index contributed by atoms with van der Waals surface area (Å²) < 4.78 is 54.8. The number of carbonyl (C=O) groups is 2. The summed E-state index contributed by atoms with van der Waals surface area (Å²) >= 11 is 0. The van der Waals surface area contributed by atoms with E-state index in [0.717, 1.165) is 24.2 Å². The highest BCUT2D eigenvalue weighted by Gasteiger charge is 2.35. The molecule has 0 spiro atoms. The van der Waals surface area contributed by atoms with Crippen LogP contribution in [0.15, 0.2) is 89.7 Å². The Labute approximate surface area is 243 Å². The molecule has 2 atom stereocenters. The average Bonchev–Trinajstić information content (AvgIpc) is 2.97. The van der Waals surface area contributed by atoms with E-state index < -0.39 is 29.4 Å². The molecule has 3 aromatic carbocycles. The van der Waals surface area contributed by atoms with Gasteiger partial charge in [0.25, 0.3) is 17.4 Å². The zero-order valence-electron chi connectivity index (χ0n) is 22.7. The highest BCUT2D eigenvalue weighted by molar-refractivity contribution is 6.09. The van der Waals surface area contributed by atoms with Crippen molar-refractivity contribution >= 4 is 28.9 Å². The third-order valence-electron chi connectivity index (χ3n) is 7.88. The van der Waals surface area contributed by atoms with Crippen LogP contribution in [0.2, 0.25) is 0 Å². The van der Waals surface area contributed by atoms with Gasteiger partial charge in [0, 0.05) is 54.1 Å². The maximum atomic E-state index is 13.5. The Hall–Kier alpha value is -4.93. The summed E-state index contributed by atoms with van der Waals surface area (Å²) in [6, 6.07) is 19.3. The van der Waals surface area contributed by atoms with Crippen molar-refractivity contribution in [2.75, 3.05) is 28.6 Å². The summed E-state index contributed by atoms with van der Waals surface area (Å²) in [5, 5.41) is 5.34. The lowest BCUT2D eigenvalue weighted by molar-refractivity contribution is -0.137. The van der Waals surface area contributed by atoms with Crippen molar-refractivity contribution in [1.29, 1.82) is 0 Å². The first-order valence-electron chi connectivity index (χ1n) is 13.7. The summed E-state index contributed by atoms with van der Waals surface area (Å²) in [4.78, 5) is 40.9. The molecule has 0 unspecified atom stereocenters. The molecule has 11 heteroatoms. The number of rotatable bonds is 5. The molecule has 0 radical (unpaired) electrons.